The molecule has 7 nitrogen and oxygen atoms in total. The topological polar surface area (TPSA) is 109 Å². The highest BCUT2D eigenvalue weighted by atomic mass is 35.5. The van der Waals surface area contributed by atoms with Gasteiger partial charge in [0.2, 0.25) is 17.8 Å². The van der Waals surface area contributed by atoms with Gasteiger partial charge in [-0.2, -0.15) is 4.98 Å². The van der Waals surface area contributed by atoms with Gasteiger partial charge in [-0.15, -0.1) is 5.10 Å². The molecule has 1 aliphatic carbocycles. The van der Waals surface area contributed by atoms with Crippen LogP contribution in [0.15, 0.2) is 30.4 Å². The van der Waals surface area contributed by atoms with E-state index < -0.39 is 5.41 Å². The fraction of sp³-hybridized carbons (Fsp3) is 0.350. The highest BCUT2D eigenvalue weighted by Crippen LogP contribution is 2.40. The second kappa shape index (κ2) is 7.72. The Morgan fingerprint density at radius 1 is 1.28 bits per heavy atom. The smallest absolute Gasteiger partial charge is 0.248 e. The number of amides is 1. The van der Waals surface area contributed by atoms with Crippen LogP contribution >= 0.6 is 23.2 Å². The number of carbonyl (C=O) groups excluding carboxylic acids is 1. The van der Waals surface area contributed by atoms with Crippen LogP contribution in [0.1, 0.15) is 39.7 Å². The van der Waals surface area contributed by atoms with E-state index >= 15 is 0 Å². The van der Waals surface area contributed by atoms with Crippen LogP contribution in [0.2, 0.25) is 10.0 Å². The van der Waals surface area contributed by atoms with E-state index in [2.05, 4.69) is 25.8 Å². The van der Waals surface area contributed by atoms with E-state index in [1.165, 1.54) is 0 Å². The van der Waals surface area contributed by atoms with Gasteiger partial charge in [0.05, 0.1) is 15.5 Å². The van der Waals surface area contributed by atoms with Crippen molar-refractivity contribution in [3.05, 3.63) is 46.0 Å². The number of rotatable bonds is 4. The molecule has 0 fully saturated rings. The van der Waals surface area contributed by atoms with Crippen molar-refractivity contribution >= 4 is 52.3 Å². The summed E-state index contributed by atoms with van der Waals surface area (Å²) in [4.78, 5) is 16.6. The van der Waals surface area contributed by atoms with Crippen molar-refractivity contribution < 1.29 is 4.79 Å². The van der Waals surface area contributed by atoms with Gasteiger partial charge in [-0.3, -0.25) is 4.79 Å². The van der Waals surface area contributed by atoms with Crippen molar-refractivity contribution in [2.75, 3.05) is 11.1 Å². The summed E-state index contributed by atoms with van der Waals surface area (Å²) in [6, 6.07) is 3.48. The molecule has 1 unspecified atom stereocenters. The number of carbonyl (C=O) groups is 1. The zero-order chi connectivity index (χ0) is 21.4. The molecule has 1 aromatic carbocycles. The third kappa shape index (κ3) is 4.92. The first kappa shape index (κ1) is 21.2. The molecule has 154 valence electrons. The maximum atomic E-state index is 12.7. The number of benzene rings is 1. The van der Waals surface area contributed by atoms with E-state index in [1.807, 2.05) is 45.9 Å². The van der Waals surface area contributed by atoms with Crippen LogP contribution in [0.4, 0.5) is 17.6 Å². The summed E-state index contributed by atoms with van der Waals surface area (Å²) in [7, 11) is 0. The lowest BCUT2D eigenvalue weighted by Gasteiger charge is -2.31. The number of nitrogens with two attached hydrogens (primary N) is 1. The highest BCUT2D eigenvalue weighted by molar-refractivity contribution is 6.38. The molecule has 0 radical (unpaired) electrons. The predicted octanol–water partition coefficient (Wildman–Crippen LogP) is 4.70. The molecule has 1 aliphatic rings. The van der Waals surface area contributed by atoms with Crippen LogP contribution < -0.4 is 16.4 Å². The molecule has 1 heterocycles. The Morgan fingerprint density at radius 3 is 2.41 bits per heavy atom. The number of allylic oxidation sites excluding steroid dienone is 3. The summed E-state index contributed by atoms with van der Waals surface area (Å²) >= 11 is 13.0. The van der Waals surface area contributed by atoms with E-state index in [0.717, 1.165) is 5.57 Å². The number of anilines is 3. The third-order valence-corrected chi connectivity index (χ3v) is 5.07. The zero-order valence-electron chi connectivity index (χ0n) is 16.7. The van der Waals surface area contributed by atoms with Crippen LogP contribution in [0, 0.1) is 5.41 Å². The van der Waals surface area contributed by atoms with Crippen LogP contribution in [-0.2, 0) is 4.79 Å². The number of nitrogens with zero attached hydrogens (tertiary/aromatic N) is 2. The molecule has 0 saturated carbocycles. The Kier molecular flexibility index (Phi) is 5.65. The number of H-pyrrole nitrogens is 1. The molecule has 1 amide bonds. The quantitative estimate of drug-likeness (QED) is 0.557. The largest absolute Gasteiger partial charge is 0.368 e. The average Bonchev–Trinajstić information content (AvgIpc) is 2.99. The van der Waals surface area contributed by atoms with E-state index in [1.54, 1.807) is 12.1 Å². The first-order valence-electron chi connectivity index (χ1n) is 9.13. The van der Waals surface area contributed by atoms with Crippen molar-refractivity contribution in [3.63, 3.8) is 0 Å². The molecule has 3 rings (SSSR count). The predicted molar refractivity (Wildman–Crippen MR) is 118 cm³/mol. The first-order chi connectivity index (χ1) is 13.5. The summed E-state index contributed by atoms with van der Waals surface area (Å²) in [6.07, 6.45) is 6.32. The van der Waals surface area contributed by atoms with E-state index in [4.69, 9.17) is 28.9 Å². The van der Waals surface area contributed by atoms with Gasteiger partial charge >= 0.3 is 0 Å². The standard InChI is InChI=1S/C20H24Cl2N6O/c1-19(2,3)26-16(29)20(4)7-5-11(6-8-20)15-13(21)9-12(10-14(15)22)24-18-25-17(23)27-28-18/h5-7,9-10H,8H2,1-4H3,(H,26,29)(H4,23,24,25,27,28). The molecule has 29 heavy (non-hydrogen) atoms. The zero-order valence-corrected chi connectivity index (χ0v) is 18.2. The summed E-state index contributed by atoms with van der Waals surface area (Å²) in [5.74, 6) is 0.510. The number of hydrogen-bond donors (Lipinski definition) is 4. The Balaban J connectivity index is 1.80. The monoisotopic (exact) mass is 434 g/mol. The summed E-state index contributed by atoms with van der Waals surface area (Å²) < 4.78 is 0. The minimum Gasteiger partial charge on any atom is -0.368 e. The normalized spacial score (nSPS) is 19.0. The lowest BCUT2D eigenvalue weighted by atomic mass is 9.79. The van der Waals surface area contributed by atoms with Crippen LogP contribution in [-0.4, -0.2) is 26.6 Å². The van der Waals surface area contributed by atoms with Gasteiger partial charge in [0.15, 0.2) is 0 Å². The molecular formula is C20H24Cl2N6O. The second-order valence-electron chi connectivity index (χ2n) is 8.30. The summed E-state index contributed by atoms with van der Waals surface area (Å²) in [5.41, 5.74) is 6.83. The molecule has 2 aromatic rings. The molecule has 9 heteroatoms. The van der Waals surface area contributed by atoms with E-state index in [0.29, 0.717) is 33.7 Å². The molecule has 0 bridgehead atoms. The number of nitrogens with one attached hydrogen (secondary N) is 3. The minimum absolute atomic E-state index is 0.0148. The van der Waals surface area contributed by atoms with E-state index in [9.17, 15) is 4.79 Å². The van der Waals surface area contributed by atoms with E-state index in [-0.39, 0.29) is 17.4 Å². The summed E-state index contributed by atoms with van der Waals surface area (Å²) in [5, 5.41) is 13.4. The Hall–Kier alpha value is -2.51. The lowest BCUT2D eigenvalue weighted by Crippen LogP contribution is -2.47. The van der Waals surface area contributed by atoms with Crippen molar-refractivity contribution in [1.82, 2.24) is 20.5 Å². The van der Waals surface area contributed by atoms with Gasteiger partial charge in [0.1, 0.15) is 0 Å². The maximum Gasteiger partial charge on any atom is 0.248 e. The number of aromatic amines is 1. The van der Waals surface area contributed by atoms with Gasteiger partial charge < -0.3 is 16.4 Å². The molecule has 0 spiro atoms. The molecule has 1 atom stereocenters. The molecular weight excluding hydrogens is 411 g/mol. The molecule has 0 aliphatic heterocycles. The van der Waals surface area contributed by atoms with Crippen LogP contribution in [0.25, 0.3) is 5.57 Å². The summed E-state index contributed by atoms with van der Waals surface area (Å²) in [6.45, 7) is 7.80. The minimum atomic E-state index is -0.622. The number of aromatic nitrogens is 3. The molecule has 5 N–H and O–H groups in total. The van der Waals surface area contributed by atoms with Crippen molar-refractivity contribution in [2.24, 2.45) is 5.41 Å². The van der Waals surface area contributed by atoms with Gasteiger partial charge in [0.25, 0.3) is 0 Å². The fourth-order valence-corrected chi connectivity index (χ4v) is 3.65. The second-order valence-corrected chi connectivity index (χ2v) is 9.12. The van der Waals surface area contributed by atoms with Crippen LogP contribution in [0.5, 0.6) is 0 Å². The Morgan fingerprint density at radius 2 is 1.93 bits per heavy atom. The lowest BCUT2D eigenvalue weighted by molar-refractivity contribution is -0.129. The first-order valence-corrected chi connectivity index (χ1v) is 9.89. The maximum absolute atomic E-state index is 12.7. The van der Waals surface area contributed by atoms with Gasteiger partial charge in [-0.1, -0.05) is 41.4 Å². The fourth-order valence-electron chi connectivity index (χ4n) is 2.95. The molecule has 0 saturated heterocycles. The number of nitrogen functional groups attached to an aromatic ring is 1. The number of halogens is 2. The van der Waals surface area contributed by atoms with Crippen LogP contribution in [0.3, 0.4) is 0 Å². The van der Waals surface area contributed by atoms with Crippen molar-refractivity contribution in [2.45, 2.75) is 39.7 Å². The van der Waals surface area contributed by atoms with Gasteiger partial charge in [0, 0.05) is 16.8 Å². The van der Waals surface area contributed by atoms with Gasteiger partial charge in [-0.05, 0) is 51.8 Å². The Labute approximate surface area is 179 Å². The van der Waals surface area contributed by atoms with Gasteiger partial charge in [-0.25, -0.2) is 5.10 Å². The third-order valence-electron chi connectivity index (χ3n) is 4.47. The SMILES string of the molecule is CC(C)(C)NC(=O)C1(C)C=CC(c2c(Cl)cc(Nc3n[nH]c(N)n3)cc2Cl)=CC1. The van der Waals surface area contributed by atoms with Crippen molar-refractivity contribution in [1.29, 1.82) is 0 Å². The van der Waals surface area contributed by atoms with Crippen molar-refractivity contribution in [3.8, 4) is 0 Å². The number of hydrogen-bond acceptors (Lipinski definition) is 5. The Bertz CT molecular complexity index is 982. The molecule has 1 aromatic heterocycles. The highest BCUT2D eigenvalue weighted by Gasteiger charge is 2.33. The average molecular weight is 435 g/mol.